The topological polar surface area (TPSA) is 106 Å². The van der Waals surface area contributed by atoms with Gasteiger partial charge in [-0.3, -0.25) is 19.5 Å². The largest absolute Gasteiger partial charge is 0.467 e. The van der Waals surface area contributed by atoms with Crippen LogP contribution >= 0.6 is 11.3 Å². The summed E-state index contributed by atoms with van der Waals surface area (Å²) >= 11 is 1.56. The molecule has 0 radical (unpaired) electrons. The molecule has 28 heavy (non-hydrogen) atoms. The first kappa shape index (κ1) is 18.4. The lowest BCUT2D eigenvalue weighted by Gasteiger charge is -2.17. The number of aryl methyl sites for hydroxylation is 1. The van der Waals surface area contributed by atoms with E-state index in [-0.39, 0.29) is 18.6 Å². The van der Waals surface area contributed by atoms with Gasteiger partial charge in [0.2, 0.25) is 5.91 Å². The standard InChI is InChI=1S/C19H20N4O4S/c1-11-4-5-13-14(7-11)28-17-16(13)18(25)23(10-21-17)9-15(24)22-19(26)20-8-12-3-2-6-27-12/h2-3,6,10-11H,4-5,7-9H2,1H3,(H2,20,22,24,26)/t11-/m0/s1. The van der Waals surface area contributed by atoms with E-state index in [1.165, 1.54) is 22.0 Å². The van der Waals surface area contributed by atoms with E-state index < -0.39 is 11.9 Å². The van der Waals surface area contributed by atoms with Gasteiger partial charge in [0.05, 0.1) is 24.5 Å². The first-order valence-corrected chi connectivity index (χ1v) is 9.92. The predicted molar refractivity (Wildman–Crippen MR) is 104 cm³/mol. The zero-order valence-electron chi connectivity index (χ0n) is 15.4. The Hall–Kier alpha value is -2.94. The van der Waals surface area contributed by atoms with Gasteiger partial charge < -0.3 is 9.73 Å². The van der Waals surface area contributed by atoms with E-state index in [1.807, 2.05) is 0 Å². The van der Waals surface area contributed by atoms with Gasteiger partial charge >= 0.3 is 6.03 Å². The molecule has 0 spiro atoms. The third-order valence-electron chi connectivity index (χ3n) is 4.85. The minimum atomic E-state index is -0.648. The third kappa shape index (κ3) is 3.70. The SMILES string of the molecule is C[C@H]1CCc2c(sc3ncn(CC(=O)NC(=O)NCc4ccco4)c(=O)c23)C1. The van der Waals surface area contributed by atoms with Crippen molar-refractivity contribution in [3.05, 3.63) is 51.3 Å². The molecule has 0 aromatic carbocycles. The van der Waals surface area contributed by atoms with Gasteiger partial charge in [0.1, 0.15) is 17.1 Å². The summed E-state index contributed by atoms with van der Waals surface area (Å²) in [6.45, 7) is 2.11. The lowest BCUT2D eigenvalue weighted by Crippen LogP contribution is -2.41. The van der Waals surface area contributed by atoms with Crippen LogP contribution in [-0.4, -0.2) is 21.5 Å². The van der Waals surface area contributed by atoms with E-state index in [0.29, 0.717) is 17.1 Å². The molecular formula is C19H20N4O4S. The molecule has 0 fully saturated rings. The zero-order valence-corrected chi connectivity index (χ0v) is 16.2. The minimum absolute atomic E-state index is 0.166. The smallest absolute Gasteiger partial charge is 0.321 e. The maximum Gasteiger partial charge on any atom is 0.321 e. The van der Waals surface area contributed by atoms with Crippen molar-refractivity contribution in [1.82, 2.24) is 20.2 Å². The number of furan rings is 1. The molecule has 0 aliphatic heterocycles. The fraction of sp³-hybridized carbons (Fsp3) is 0.368. The van der Waals surface area contributed by atoms with Gasteiger partial charge in [0, 0.05) is 4.88 Å². The lowest BCUT2D eigenvalue weighted by atomic mass is 9.89. The van der Waals surface area contributed by atoms with Gasteiger partial charge in [-0.05, 0) is 42.9 Å². The van der Waals surface area contributed by atoms with Crippen LogP contribution in [0.4, 0.5) is 4.79 Å². The normalized spacial score (nSPS) is 16.0. The monoisotopic (exact) mass is 400 g/mol. The van der Waals surface area contributed by atoms with E-state index in [9.17, 15) is 14.4 Å². The van der Waals surface area contributed by atoms with Crippen LogP contribution in [0.15, 0.2) is 33.9 Å². The van der Waals surface area contributed by atoms with Crippen molar-refractivity contribution in [2.45, 2.75) is 39.3 Å². The molecule has 0 unspecified atom stereocenters. The number of fused-ring (bicyclic) bond motifs is 3. The van der Waals surface area contributed by atoms with Gasteiger partial charge in [0.15, 0.2) is 0 Å². The summed E-state index contributed by atoms with van der Waals surface area (Å²) in [6, 6.07) is 2.77. The highest BCUT2D eigenvalue weighted by Crippen LogP contribution is 2.35. The van der Waals surface area contributed by atoms with Crippen LogP contribution in [-0.2, 0) is 30.7 Å². The number of nitrogens with zero attached hydrogens (tertiary/aromatic N) is 2. The highest BCUT2D eigenvalue weighted by molar-refractivity contribution is 7.18. The molecule has 3 aromatic heterocycles. The van der Waals surface area contributed by atoms with Crippen LogP contribution in [0.1, 0.15) is 29.5 Å². The molecule has 1 aliphatic carbocycles. The van der Waals surface area contributed by atoms with E-state index >= 15 is 0 Å². The Morgan fingerprint density at radius 1 is 1.43 bits per heavy atom. The van der Waals surface area contributed by atoms with Gasteiger partial charge in [0.25, 0.3) is 5.56 Å². The van der Waals surface area contributed by atoms with E-state index in [2.05, 4.69) is 22.5 Å². The van der Waals surface area contributed by atoms with E-state index in [0.717, 1.165) is 29.7 Å². The zero-order chi connectivity index (χ0) is 19.7. The summed E-state index contributed by atoms with van der Waals surface area (Å²) in [5.74, 6) is 0.594. The predicted octanol–water partition coefficient (Wildman–Crippen LogP) is 2.20. The molecule has 9 heteroatoms. The van der Waals surface area contributed by atoms with Crippen molar-refractivity contribution in [2.24, 2.45) is 5.92 Å². The van der Waals surface area contributed by atoms with Crippen molar-refractivity contribution in [2.75, 3.05) is 0 Å². The number of aromatic nitrogens is 2. The number of nitrogens with one attached hydrogen (secondary N) is 2. The number of imide groups is 1. The number of amides is 3. The second-order valence-electron chi connectivity index (χ2n) is 7.02. The Kier molecular flexibility index (Phi) is 4.99. The first-order chi connectivity index (χ1) is 13.5. The summed E-state index contributed by atoms with van der Waals surface area (Å²) in [5.41, 5.74) is 0.838. The molecule has 4 rings (SSSR count). The van der Waals surface area contributed by atoms with Crippen molar-refractivity contribution in [3.63, 3.8) is 0 Å². The highest BCUT2D eigenvalue weighted by Gasteiger charge is 2.23. The highest BCUT2D eigenvalue weighted by atomic mass is 32.1. The number of hydrogen-bond donors (Lipinski definition) is 2. The van der Waals surface area contributed by atoms with Crippen LogP contribution in [0.3, 0.4) is 0 Å². The molecule has 1 aliphatic rings. The molecule has 2 N–H and O–H groups in total. The Morgan fingerprint density at radius 3 is 3.07 bits per heavy atom. The fourth-order valence-corrected chi connectivity index (χ4v) is 4.77. The van der Waals surface area contributed by atoms with Crippen LogP contribution in [0, 0.1) is 5.92 Å². The minimum Gasteiger partial charge on any atom is -0.467 e. The van der Waals surface area contributed by atoms with Crippen molar-refractivity contribution in [1.29, 1.82) is 0 Å². The Balaban J connectivity index is 1.45. The molecule has 0 bridgehead atoms. The quantitative estimate of drug-likeness (QED) is 0.698. The van der Waals surface area contributed by atoms with Gasteiger partial charge in [-0.25, -0.2) is 9.78 Å². The van der Waals surface area contributed by atoms with Crippen LogP contribution in [0.25, 0.3) is 10.2 Å². The Labute approximate surface area is 164 Å². The van der Waals surface area contributed by atoms with Gasteiger partial charge in [-0.1, -0.05) is 6.92 Å². The number of thiophene rings is 1. The Morgan fingerprint density at radius 2 is 2.29 bits per heavy atom. The van der Waals surface area contributed by atoms with Gasteiger partial charge in [-0.15, -0.1) is 11.3 Å². The average molecular weight is 400 g/mol. The molecule has 146 valence electrons. The van der Waals surface area contributed by atoms with Gasteiger partial charge in [-0.2, -0.15) is 0 Å². The molecule has 3 aromatic rings. The molecule has 0 saturated carbocycles. The number of carbonyl (C=O) groups excluding carboxylic acids is 2. The summed E-state index contributed by atoms with van der Waals surface area (Å²) in [6.07, 6.45) is 5.74. The summed E-state index contributed by atoms with van der Waals surface area (Å²) in [7, 11) is 0. The average Bonchev–Trinajstić information content (AvgIpc) is 3.29. The Bertz CT molecular complexity index is 1080. The molecular weight excluding hydrogens is 380 g/mol. The number of hydrogen-bond acceptors (Lipinski definition) is 6. The van der Waals surface area contributed by atoms with E-state index in [1.54, 1.807) is 23.5 Å². The van der Waals surface area contributed by atoms with Crippen molar-refractivity contribution < 1.29 is 14.0 Å². The van der Waals surface area contributed by atoms with Crippen molar-refractivity contribution in [3.8, 4) is 0 Å². The number of urea groups is 1. The summed E-state index contributed by atoms with van der Waals surface area (Å²) in [5, 5.41) is 5.35. The molecule has 3 amide bonds. The molecule has 8 nitrogen and oxygen atoms in total. The van der Waals surface area contributed by atoms with Crippen LogP contribution in [0.5, 0.6) is 0 Å². The lowest BCUT2D eigenvalue weighted by molar-refractivity contribution is -0.120. The molecule has 0 saturated heterocycles. The third-order valence-corrected chi connectivity index (χ3v) is 6.01. The molecule has 3 heterocycles. The second-order valence-corrected chi connectivity index (χ2v) is 8.10. The van der Waals surface area contributed by atoms with E-state index in [4.69, 9.17) is 4.42 Å². The number of carbonyl (C=O) groups is 2. The van der Waals surface area contributed by atoms with Crippen LogP contribution < -0.4 is 16.2 Å². The second kappa shape index (κ2) is 7.59. The fourth-order valence-electron chi connectivity index (χ4n) is 3.42. The summed E-state index contributed by atoms with van der Waals surface area (Å²) < 4.78 is 6.36. The molecule has 1 atom stereocenters. The van der Waals surface area contributed by atoms with Crippen LogP contribution in [0.2, 0.25) is 0 Å². The maximum atomic E-state index is 12.9. The number of rotatable bonds is 4. The van der Waals surface area contributed by atoms with Crippen molar-refractivity contribution >= 4 is 33.5 Å². The maximum absolute atomic E-state index is 12.9. The first-order valence-electron chi connectivity index (χ1n) is 9.11. The summed E-state index contributed by atoms with van der Waals surface area (Å²) in [4.78, 5) is 43.2.